The fourth-order valence-corrected chi connectivity index (χ4v) is 1.05. The Kier molecular flexibility index (Phi) is 4.95. The Balaban J connectivity index is 3.92. The second-order valence-electron chi connectivity index (χ2n) is 3.56. The Morgan fingerprint density at radius 1 is 1.38 bits per heavy atom. The average molecular weight is 187 g/mol. The number of carbonyl (C=O) groups is 1. The van der Waals surface area contributed by atoms with Gasteiger partial charge in [-0.25, -0.2) is 0 Å². The Labute approximate surface area is 80.3 Å². The Morgan fingerprint density at radius 2 is 1.85 bits per heavy atom. The van der Waals surface area contributed by atoms with Crippen molar-refractivity contribution in [3.05, 3.63) is 0 Å². The van der Waals surface area contributed by atoms with Gasteiger partial charge in [0, 0.05) is 6.54 Å². The lowest BCUT2D eigenvalue weighted by Crippen LogP contribution is -2.51. The molecule has 0 aliphatic carbocycles. The van der Waals surface area contributed by atoms with Crippen LogP contribution < -0.4 is 11.5 Å². The van der Waals surface area contributed by atoms with E-state index in [4.69, 9.17) is 11.5 Å². The summed E-state index contributed by atoms with van der Waals surface area (Å²) in [6.07, 6.45) is 0.615. The van der Waals surface area contributed by atoms with Crippen LogP contribution in [0.2, 0.25) is 0 Å². The summed E-state index contributed by atoms with van der Waals surface area (Å²) < 4.78 is 0. The van der Waals surface area contributed by atoms with E-state index < -0.39 is 11.4 Å². The minimum atomic E-state index is -0.872. The maximum atomic E-state index is 10.9. The van der Waals surface area contributed by atoms with Crippen molar-refractivity contribution in [3.8, 4) is 0 Å². The van der Waals surface area contributed by atoms with Gasteiger partial charge in [-0.15, -0.1) is 0 Å². The summed E-state index contributed by atoms with van der Waals surface area (Å²) in [6.45, 7) is 8.63. The molecule has 4 N–H and O–H groups in total. The number of nitrogens with zero attached hydrogens (tertiary/aromatic N) is 1. The van der Waals surface area contributed by atoms with Crippen LogP contribution in [0.3, 0.4) is 0 Å². The van der Waals surface area contributed by atoms with Gasteiger partial charge in [-0.2, -0.15) is 0 Å². The van der Waals surface area contributed by atoms with Crippen LogP contribution in [0, 0.1) is 0 Å². The van der Waals surface area contributed by atoms with Crippen molar-refractivity contribution in [2.75, 3.05) is 19.6 Å². The van der Waals surface area contributed by atoms with E-state index >= 15 is 0 Å². The second-order valence-corrected chi connectivity index (χ2v) is 3.56. The van der Waals surface area contributed by atoms with Gasteiger partial charge in [0.2, 0.25) is 5.91 Å². The van der Waals surface area contributed by atoms with Crippen molar-refractivity contribution >= 4 is 5.91 Å². The van der Waals surface area contributed by atoms with E-state index in [1.54, 1.807) is 6.92 Å². The quantitative estimate of drug-likeness (QED) is 0.611. The zero-order valence-electron chi connectivity index (χ0n) is 8.84. The Bertz CT molecular complexity index is 164. The molecule has 0 saturated carbocycles. The molecule has 0 aromatic heterocycles. The number of nitrogens with two attached hydrogens (primary N) is 2. The molecule has 0 aromatic carbocycles. The first-order valence-corrected chi connectivity index (χ1v) is 4.75. The van der Waals surface area contributed by atoms with Gasteiger partial charge < -0.3 is 16.4 Å². The van der Waals surface area contributed by atoms with Gasteiger partial charge in [-0.1, -0.05) is 13.8 Å². The zero-order valence-corrected chi connectivity index (χ0v) is 8.84. The highest BCUT2D eigenvalue weighted by molar-refractivity contribution is 5.83. The molecule has 13 heavy (non-hydrogen) atoms. The van der Waals surface area contributed by atoms with E-state index in [9.17, 15) is 4.79 Å². The van der Waals surface area contributed by atoms with Crippen molar-refractivity contribution in [3.63, 3.8) is 0 Å². The van der Waals surface area contributed by atoms with Crippen molar-refractivity contribution in [1.29, 1.82) is 0 Å². The summed E-state index contributed by atoms with van der Waals surface area (Å²) in [5.41, 5.74) is 10.0. The fraction of sp³-hybridized carbons (Fsp3) is 0.889. The molecule has 1 amide bonds. The molecule has 4 heteroatoms. The summed E-state index contributed by atoms with van der Waals surface area (Å²) in [4.78, 5) is 13.1. The predicted octanol–water partition coefficient (Wildman–Crippen LogP) is -0.0790. The molecular formula is C9H21N3O. The maximum absolute atomic E-state index is 10.9. The van der Waals surface area contributed by atoms with Crippen LogP contribution in [0.25, 0.3) is 0 Å². The van der Waals surface area contributed by atoms with Gasteiger partial charge in [-0.3, -0.25) is 4.79 Å². The molecule has 0 spiro atoms. The smallest absolute Gasteiger partial charge is 0.237 e. The lowest BCUT2D eigenvalue weighted by atomic mass is 9.98. The number of rotatable bonds is 6. The van der Waals surface area contributed by atoms with Crippen LogP contribution >= 0.6 is 0 Å². The molecule has 0 rings (SSSR count). The first kappa shape index (κ1) is 12.4. The van der Waals surface area contributed by atoms with Crippen molar-refractivity contribution in [2.45, 2.75) is 32.7 Å². The molecule has 0 saturated heterocycles. The number of hydrogen-bond donors (Lipinski definition) is 2. The van der Waals surface area contributed by atoms with Gasteiger partial charge >= 0.3 is 0 Å². The van der Waals surface area contributed by atoms with Crippen molar-refractivity contribution in [2.24, 2.45) is 11.5 Å². The molecule has 1 unspecified atom stereocenters. The minimum absolute atomic E-state index is 0.431. The van der Waals surface area contributed by atoms with Crippen LogP contribution in [0.4, 0.5) is 0 Å². The van der Waals surface area contributed by atoms with E-state index in [-0.39, 0.29) is 0 Å². The number of primary amides is 1. The molecule has 0 aliphatic heterocycles. The van der Waals surface area contributed by atoms with E-state index in [0.29, 0.717) is 6.42 Å². The maximum Gasteiger partial charge on any atom is 0.237 e. The van der Waals surface area contributed by atoms with E-state index in [1.165, 1.54) is 0 Å². The van der Waals surface area contributed by atoms with Gasteiger partial charge in [0.15, 0.2) is 0 Å². The van der Waals surface area contributed by atoms with E-state index in [1.807, 2.05) is 0 Å². The number of amides is 1. The molecule has 0 bridgehead atoms. The van der Waals surface area contributed by atoms with Crippen LogP contribution in [0.5, 0.6) is 0 Å². The SMILES string of the molecule is CCN(CC)CCC(C)(N)C(N)=O. The third-order valence-electron chi connectivity index (χ3n) is 2.40. The van der Waals surface area contributed by atoms with Gasteiger partial charge in [-0.05, 0) is 26.4 Å². The molecule has 0 fully saturated rings. The topological polar surface area (TPSA) is 72.3 Å². The second kappa shape index (κ2) is 5.19. The first-order valence-electron chi connectivity index (χ1n) is 4.75. The summed E-state index contributed by atoms with van der Waals surface area (Å²) in [5.74, 6) is -0.431. The third kappa shape index (κ3) is 4.24. The van der Waals surface area contributed by atoms with Crippen LogP contribution in [0.1, 0.15) is 27.2 Å². The molecule has 0 aromatic rings. The molecule has 0 heterocycles. The molecule has 78 valence electrons. The molecule has 1 atom stereocenters. The Hall–Kier alpha value is -0.610. The highest BCUT2D eigenvalue weighted by Gasteiger charge is 2.25. The Morgan fingerprint density at radius 3 is 2.15 bits per heavy atom. The lowest BCUT2D eigenvalue weighted by molar-refractivity contribution is -0.122. The summed E-state index contributed by atoms with van der Waals surface area (Å²) >= 11 is 0. The normalized spacial score (nSPS) is 15.8. The standard InChI is InChI=1S/C9H21N3O/c1-4-12(5-2)7-6-9(3,11)8(10)13/h4-7,11H2,1-3H3,(H2,10,13). The zero-order chi connectivity index (χ0) is 10.5. The van der Waals surface area contributed by atoms with Crippen molar-refractivity contribution < 1.29 is 4.79 Å². The predicted molar refractivity (Wildman–Crippen MR) is 54.2 cm³/mol. The van der Waals surface area contributed by atoms with E-state index in [2.05, 4.69) is 18.7 Å². The van der Waals surface area contributed by atoms with Crippen molar-refractivity contribution in [1.82, 2.24) is 4.90 Å². The lowest BCUT2D eigenvalue weighted by Gasteiger charge is -2.25. The highest BCUT2D eigenvalue weighted by Crippen LogP contribution is 2.05. The third-order valence-corrected chi connectivity index (χ3v) is 2.40. The largest absolute Gasteiger partial charge is 0.368 e. The molecule has 4 nitrogen and oxygen atoms in total. The van der Waals surface area contributed by atoms with Gasteiger partial charge in [0.1, 0.15) is 0 Å². The summed E-state index contributed by atoms with van der Waals surface area (Å²) in [5, 5.41) is 0. The number of hydrogen-bond acceptors (Lipinski definition) is 3. The fourth-order valence-electron chi connectivity index (χ4n) is 1.05. The average Bonchev–Trinajstić information content (AvgIpc) is 2.06. The molecular weight excluding hydrogens is 166 g/mol. The number of carbonyl (C=O) groups excluding carboxylic acids is 1. The molecule has 0 radical (unpaired) electrons. The minimum Gasteiger partial charge on any atom is -0.368 e. The van der Waals surface area contributed by atoms with Crippen LogP contribution in [0.15, 0.2) is 0 Å². The van der Waals surface area contributed by atoms with Gasteiger partial charge in [0.05, 0.1) is 5.54 Å². The van der Waals surface area contributed by atoms with E-state index in [0.717, 1.165) is 19.6 Å². The monoisotopic (exact) mass is 187 g/mol. The molecule has 0 aliphatic rings. The summed E-state index contributed by atoms with van der Waals surface area (Å²) in [7, 11) is 0. The van der Waals surface area contributed by atoms with Crippen LogP contribution in [-0.4, -0.2) is 36.0 Å². The summed E-state index contributed by atoms with van der Waals surface area (Å²) in [6, 6.07) is 0. The highest BCUT2D eigenvalue weighted by atomic mass is 16.1. The first-order chi connectivity index (χ1) is 5.94. The van der Waals surface area contributed by atoms with Gasteiger partial charge in [0.25, 0.3) is 0 Å². The van der Waals surface area contributed by atoms with Crippen LogP contribution in [-0.2, 0) is 4.79 Å².